The summed E-state index contributed by atoms with van der Waals surface area (Å²) in [5.41, 5.74) is -3.53. The first-order valence-corrected chi connectivity index (χ1v) is 3.57. The molecule has 0 rings (SSSR count). The lowest BCUT2D eigenvalue weighted by Crippen LogP contribution is -2.37. The SMILES string of the molecule is CCOC(=O)C(=N/O)/C(=N\O)C(F)(F)F. The number of alkyl halides is 3. The molecule has 86 valence electrons. The van der Waals surface area contributed by atoms with Crippen molar-refractivity contribution in [2.75, 3.05) is 6.61 Å². The van der Waals surface area contributed by atoms with Crippen LogP contribution in [0, 0.1) is 0 Å². The zero-order valence-corrected chi connectivity index (χ0v) is 7.45. The van der Waals surface area contributed by atoms with Gasteiger partial charge in [0.25, 0.3) is 0 Å². The third kappa shape index (κ3) is 3.44. The molecule has 0 aliphatic rings. The van der Waals surface area contributed by atoms with Gasteiger partial charge in [0.15, 0.2) is 0 Å². The van der Waals surface area contributed by atoms with Gasteiger partial charge in [-0.2, -0.15) is 13.2 Å². The van der Waals surface area contributed by atoms with E-state index in [-0.39, 0.29) is 6.61 Å². The van der Waals surface area contributed by atoms with Crippen LogP contribution in [-0.4, -0.2) is 40.6 Å². The Labute approximate surface area is 81.6 Å². The summed E-state index contributed by atoms with van der Waals surface area (Å²) in [6.45, 7) is 1.13. The number of hydrogen-bond donors (Lipinski definition) is 2. The van der Waals surface area contributed by atoms with Crippen LogP contribution < -0.4 is 0 Å². The van der Waals surface area contributed by atoms with E-state index >= 15 is 0 Å². The molecule has 0 saturated carbocycles. The summed E-state index contributed by atoms with van der Waals surface area (Å²) in [6.07, 6.45) is -5.12. The van der Waals surface area contributed by atoms with Crippen LogP contribution in [0.2, 0.25) is 0 Å². The van der Waals surface area contributed by atoms with E-state index in [1.807, 2.05) is 5.16 Å². The largest absolute Gasteiger partial charge is 0.461 e. The molecule has 0 spiro atoms. The minimum atomic E-state index is -5.12. The molecule has 0 saturated heterocycles. The Morgan fingerprint density at radius 1 is 1.33 bits per heavy atom. The highest BCUT2D eigenvalue weighted by Gasteiger charge is 2.43. The van der Waals surface area contributed by atoms with Gasteiger partial charge in [0.1, 0.15) is 0 Å². The fourth-order valence-electron chi connectivity index (χ4n) is 0.623. The van der Waals surface area contributed by atoms with Crippen molar-refractivity contribution < 1.29 is 33.1 Å². The summed E-state index contributed by atoms with van der Waals surface area (Å²) < 4.78 is 40.4. The molecule has 15 heavy (non-hydrogen) atoms. The van der Waals surface area contributed by atoms with Crippen LogP contribution in [-0.2, 0) is 9.53 Å². The molecule has 2 N–H and O–H groups in total. The van der Waals surface area contributed by atoms with E-state index in [1.54, 1.807) is 0 Å². The second kappa shape index (κ2) is 5.17. The fraction of sp³-hybridized carbons (Fsp3) is 0.500. The Kier molecular flexibility index (Phi) is 4.55. The van der Waals surface area contributed by atoms with Gasteiger partial charge in [-0.25, -0.2) is 4.79 Å². The van der Waals surface area contributed by atoms with Crippen LogP contribution in [0.3, 0.4) is 0 Å². The Balaban J connectivity index is 5.07. The van der Waals surface area contributed by atoms with Gasteiger partial charge in [-0.05, 0) is 6.92 Å². The Morgan fingerprint density at radius 3 is 2.13 bits per heavy atom. The topological polar surface area (TPSA) is 91.5 Å². The van der Waals surface area contributed by atoms with E-state index in [9.17, 15) is 18.0 Å². The fourth-order valence-corrected chi connectivity index (χ4v) is 0.623. The summed E-state index contributed by atoms with van der Waals surface area (Å²) >= 11 is 0. The number of hydrogen-bond acceptors (Lipinski definition) is 6. The first kappa shape index (κ1) is 13.2. The molecular formula is C6H7F3N2O4. The van der Waals surface area contributed by atoms with E-state index in [2.05, 4.69) is 9.89 Å². The predicted octanol–water partition coefficient (Wildman–Crippen LogP) is 0.772. The maximum absolute atomic E-state index is 12.1. The molecule has 0 aromatic rings. The summed E-state index contributed by atoms with van der Waals surface area (Å²) in [6, 6.07) is 0. The summed E-state index contributed by atoms with van der Waals surface area (Å²) in [5.74, 6) is -1.54. The second-order valence-corrected chi connectivity index (χ2v) is 2.12. The smallest absolute Gasteiger partial charge is 0.439 e. The van der Waals surface area contributed by atoms with Gasteiger partial charge in [-0.15, -0.1) is 0 Å². The van der Waals surface area contributed by atoms with Crippen LogP contribution in [0.1, 0.15) is 6.92 Å². The third-order valence-corrected chi connectivity index (χ3v) is 1.16. The highest BCUT2D eigenvalue weighted by atomic mass is 19.4. The van der Waals surface area contributed by atoms with Crippen molar-refractivity contribution >= 4 is 17.4 Å². The number of oxime groups is 2. The Morgan fingerprint density at radius 2 is 1.87 bits per heavy atom. The van der Waals surface area contributed by atoms with E-state index in [0.29, 0.717) is 0 Å². The van der Waals surface area contributed by atoms with Gasteiger partial charge in [0, 0.05) is 0 Å². The maximum Gasteiger partial charge on any atom is 0.439 e. The molecular weight excluding hydrogens is 221 g/mol. The summed E-state index contributed by atoms with van der Waals surface area (Å²) in [4.78, 5) is 10.8. The maximum atomic E-state index is 12.1. The Bertz CT molecular complexity index is 297. The van der Waals surface area contributed by atoms with E-state index < -0.39 is 23.6 Å². The van der Waals surface area contributed by atoms with Crippen molar-refractivity contribution in [1.82, 2.24) is 0 Å². The molecule has 6 nitrogen and oxygen atoms in total. The van der Waals surface area contributed by atoms with E-state index in [4.69, 9.17) is 10.4 Å². The van der Waals surface area contributed by atoms with Gasteiger partial charge in [-0.1, -0.05) is 10.3 Å². The molecule has 0 aromatic carbocycles. The first-order valence-electron chi connectivity index (χ1n) is 3.57. The lowest BCUT2D eigenvalue weighted by atomic mass is 10.2. The second-order valence-electron chi connectivity index (χ2n) is 2.12. The number of carbonyl (C=O) groups excluding carboxylic acids is 1. The zero-order valence-electron chi connectivity index (χ0n) is 7.45. The molecule has 0 unspecified atom stereocenters. The number of ether oxygens (including phenoxy) is 1. The standard InChI is InChI=1S/C6H7F3N2O4/c1-2-15-5(12)3(10-13)4(11-14)6(7,8)9/h13-14H,2H2,1H3/b10-3+,11-4+. The minimum Gasteiger partial charge on any atom is -0.461 e. The molecule has 0 radical (unpaired) electrons. The normalized spacial score (nSPS) is 13.9. The van der Waals surface area contributed by atoms with Crippen LogP contribution >= 0.6 is 0 Å². The number of nitrogens with zero attached hydrogens (tertiary/aromatic N) is 2. The molecule has 0 aromatic heterocycles. The first-order chi connectivity index (χ1) is 6.88. The average molecular weight is 228 g/mol. The van der Waals surface area contributed by atoms with Crippen molar-refractivity contribution in [3.63, 3.8) is 0 Å². The molecule has 0 heterocycles. The molecule has 9 heteroatoms. The third-order valence-electron chi connectivity index (χ3n) is 1.16. The van der Waals surface area contributed by atoms with Gasteiger partial charge in [0.2, 0.25) is 11.4 Å². The monoisotopic (exact) mass is 228 g/mol. The van der Waals surface area contributed by atoms with Crippen molar-refractivity contribution in [1.29, 1.82) is 0 Å². The molecule has 0 fully saturated rings. The van der Waals surface area contributed by atoms with E-state index in [0.717, 1.165) is 0 Å². The van der Waals surface area contributed by atoms with Gasteiger partial charge in [-0.3, -0.25) is 0 Å². The Hall–Kier alpha value is -1.80. The average Bonchev–Trinajstić information content (AvgIpc) is 2.11. The lowest BCUT2D eigenvalue weighted by Gasteiger charge is -2.08. The van der Waals surface area contributed by atoms with Crippen molar-refractivity contribution in [2.45, 2.75) is 13.1 Å². The van der Waals surface area contributed by atoms with Gasteiger partial charge >= 0.3 is 12.1 Å². The quantitative estimate of drug-likeness (QED) is 0.323. The number of rotatable bonds is 3. The summed E-state index contributed by atoms with van der Waals surface area (Å²) in [7, 11) is 0. The van der Waals surface area contributed by atoms with Crippen molar-refractivity contribution in [3.05, 3.63) is 0 Å². The van der Waals surface area contributed by atoms with Crippen molar-refractivity contribution in [2.24, 2.45) is 10.3 Å². The number of esters is 1. The molecule has 0 aliphatic heterocycles. The van der Waals surface area contributed by atoms with Gasteiger partial charge in [0.05, 0.1) is 6.61 Å². The van der Waals surface area contributed by atoms with Crippen molar-refractivity contribution in [3.8, 4) is 0 Å². The minimum absolute atomic E-state index is 0.214. The molecule has 0 aliphatic carbocycles. The summed E-state index contributed by atoms with van der Waals surface area (Å²) in [5, 5.41) is 20.1. The highest BCUT2D eigenvalue weighted by Crippen LogP contribution is 2.18. The predicted molar refractivity (Wildman–Crippen MR) is 41.1 cm³/mol. The van der Waals surface area contributed by atoms with E-state index in [1.165, 1.54) is 6.92 Å². The highest BCUT2D eigenvalue weighted by molar-refractivity contribution is 6.66. The molecule has 0 amide bonds. The van der Waals surface area contributed by atoms with Crippen LogP contribution in [0.4, 0.5) is 13.2 Å². The van der Waals surface area contributed by atoms with Gasteiger partial charge < -0.3 is 15.2 Å². The molecule has 0 bridgehead atoms. The molecule has 0 atom stereocenters. The number of halogens is 3. The zero-order chi connectivity index (χ0) is 12.1. The number of carbonyl (C=O) groups is 1. The van der Waals surface area contributed by atoms with Crippen LogP contribution in [0.5, 0.6) is 0 Å². The lowest BCUT2D eigenvalue weighted by molar-refractivity contribution is -0.135. The van der Waals surface area contributed by atoms with Crippen LogP contribution in [0.25, 0.3) is 0 Å². The van der Waals surface area contributed by atoms with Crippen LogP contribution in [0.15, 0.2) is 10.3 Å².